The van der Waals surface area contributed by atoms with Crippen molar-refractivity contribution >= 4 is 51.3 Å². The molecule has 2 aromatic carbocycles. The van der Waals surface area contributed by atoms with Gasteiger partial charge in [0.2, 0.25) is 5.91 Å². The second-order valence-corrected chi connectivity index (χ2v) is 8.57. The molecule has 0 spiro atoms. The summed E-state index contributed by atoms with van der Waals surface area (Å²) in [4.78, 5) is 31.7. The lowest BCUT2D eigenvalue weighted by atomic mass is 10.2. The molecule has 1 saturated heterocycles. The van der Waals surface area contributed by atoms with Gasteiger partial charge in [0.15, 0.2) is 5.13 Å². The first-order chi connectivity index (χ1) is 14.9. The summed E-state index contributed by atoms with van der Waals surface area (Å²) in [5, 5.41) is 8.80. The molecule has 1 atom stereocenters. The predicted molar refractivity (Wildman–Crippen MR) is 121 cm³/mol. The molecule has 31 heavy (non-hydrogen) atoms. The zero-order valence-electron chi connectivity index (χ0n) is 16.7. The SMILES string of the molecule is Cc1ccc(Cl)cc1Nc1nc(C(=O)N2CCCC2C(=O)Nc2ccc(F)cc2)cs1. The summed E-state index contributed by atoms with van der Waals surface area (Å²) in [7, 11) is 0. The summed E-state index contributed by atoms with van der Waals surface area (Å²) in [5.74, 6) is -0.957. The highest BCUT2D eigenvalue weighted by atomic mass is 35.5. The monoisotopic (exact) mass is 458 g/mol. The first-order valence-electron chi connectivity index (χ1n) is 9.77. The molecule has 1 unspecified atom stereocenters. The molecule has 0 radical (unpaired) electrons. The first-order valence-corrected chi connectivity index (χ1v) is 11.0. The van der Waals surface area contributed by atoms with Crippen LogP contribution in [-0.2, 0) is 4.79 Å². The third-order valence-corrected chi connectivity index (χ3v) is 6.09. The number of carbonyl (C=O) groups is 2. The minimum absolute atomic E-state index is 0.286. The second-order valence-electron chi connectivity index (χ2n) is 7.27. The molecule has 9 heteroatoms. The van der Waals surface area contributed by atoms with Crippen molar-refractivity contribution in [3.8, 4) is 0 Å². The maximum absolute atomic E-state index is 13.1. The number of aromatic nitrogens is 1. The molecule has 1 aliphatic heterocycles. The zero-order valence-corrected chi connectivity index (χ0v) is 18.3. The van der Waals surface area contributed by atoms with Gasteiger partial charge in [-0.3, -0.25) is 9.59 Å². The van der Waals surface area contributed by atoms with Crippen molar-refractivity contribution in [2.45, 2.75) is 25.8 Å². The quantitative estimate of drug-likeness (QED) is 0.549. The maximum atomic E-state index is 13.1. The average Bonchev–Trinajstić information content (AvgIpc) is 3.42. The number of thiazole rings is 1. The maximum Gasteiger partial charge on any atom is 0.274 e. The lowest BCUT2D eigenvalue weighted by molar-refractivity contribution is -0.119. The molecule has 2 heterocycles. The topological polar surface area (TPSA) is 74.3 Å². The number of hydrogen-bond donors (Lipinski definition) is 2. The van der Waals surface area contributed by atoms with Crippen molar-refractivity contribution in [2.24, 2.45) is 0 Å². The van der Waals surface area contributed by atoms with Crippen molar-refractivity contribution in [3.63, 3.8) is 0 Å². The van der Waals surface area contributed by atoms with Crippen LogP contribution in [0.3, 0.4) is 0 Å². The van der Waals surface area contributed by atoms with Crippen molar-refractivity contribution in [3.05, 3.63) is 69.9 Å². The number of benzene rings is 2. The molecule has 1 aromatic heterocycles. The molecule has 6 nitrogen and oxygen atoms in total. The molecule has 0 saturated carbocycles. The van der Waals surface area contributed by atoms with E-state index >= 15 is 0 Å². The Morgan fingerprint density at radius 3 is 2.77 bits per heavy atom. The van der Waals surface area contributed by atoms with Crippen LogP contribution in [0.4, 0.5) is 20.9 Å². The van der Waals surface area contributed by atoms with Gasteiger partial charge in [0, 0.05) is 28.3 Å². The summed E-state index contributed by atoms with van der Waals surface area (Å²) in [5.41, 5.74) is 2.60. The minimum atomic E-state index is -0.592. The van der Waals surface area contributed by atoms with E-state index in [-0.39, 0.29) is 23.3 Å². The van der Waals surface area contributed by atoms with Crippen LogP contribution in [0.2, 0.25) is 5.02 Å². The first kappa shape index (κ1) is 21.3. The van der Waals surface area contributed by atoms with Crippen LogP contribution in [-0.4, -0.2) is 34.3 Å². The van der Waals surface area contributed by atoms with E-state index in [9.17, 15) is 14.0 Å². The number of amides is 2. The standard InChI is InChI=1S/C22H20ClFN4O2S/c1-13-4-5-14(23)11-17(13)26-22-27-18(12-31-22)21(30)28-10-2-3-19(28)20(29)25-16-8-6-15(24)7-9-16/h4-9,11-12,19H,2-3,10H2,1H3,(H,25,29)(H,26,27). The van der Waals surface area contributed by atoms with Gasteiger partial charge in [-0.1, -0.05) is 17.7 Å². The fourth-order valence-electron chi connectivity index (χ4n) is 3.46. The van der Waals surface area contributed by atoms with E-state index in [1.165, 1.54) is 35.6 Å². The summed E-state index contributed by atoms with van der Waals surface area (Å²) in [6, 6.07) is 10.5. The second kappa shape index (κ2) is 9.03. The Labute approximate surface area is 188 Å². The van der Waals surface area contributed by atoms with Gasteiger partial charge in [-0.25, -0.2) is 9.37 Å². The van der Waals surface area contributed by atoms with E-state index in [4.69, 9.17) is 11.6 Å². The van der Waals surface area contributed by atoms with E-state index in [1.807, 2.05) is 19.1 Å². The number of rotatable bonds is 5. The van der Waals surface area contributed by atoms with Crippen LogP contribution in [0.1, 0.15) is 28.9 Å². The van der Waals surface area contributed by atoms with E-state index < -0.39 is 6.04 Å². The summed E-state index contributed by atoms with van der Waals surface area (Å²) < 4.78 is 13.1. The van der Waals surface area contributed by atoms with Gasteiger partial charge in [-0.2, -0.15) is 0 Å². The van der Waals surface area contributed by atoms with Crippen molar-refractivity contribution in [1.82, 2.24) is 9.88 Å². The van der Waals surface area contributed by atoms with Crippen molar-refractivity contribution < 1.29 is 14.0 Å². The molecule has 2 N–H and O–H groups in total. The largest absolute Gasteiger partial charge is 0.331 e. The van der Waals surface area contributed by atoms with Gasteiger partial charge in [0.25, 0.3) is 5.91 Å². The number of halogens is 2. The summed E-state index contributed by atoms with van der Waals surface area (Å²) in [6.45, 7) is 2.43. The predicted octanol–water partition coefficient (Wildman–Crippen LogP) is 5.23. The van der Waals surface area contributed by atoms with E-state index in [0.29, 0.717) is 28.8 Å². The van der Waals surface area contributed by atoms with Crippen LogP contribution >= 0.6 is 22.9 Å². The normalized spacial score (nSPS) is 15.7. The molecule has 3 aromatic rings. The Bertz CT molecular complexity index is 1120. The Morgan fingerprint density at radius 2 is 2.00 bits per heavy atom. The number of likely N-dealkylation sites (tertiary alicyclic amines) is 1. The lowest BCUT2D eigenvalue weighted by Crippen LogP contribution is -2.43. The Morgan fingerprint density at radius 1 is 1.23 bits per heavy atom. The molecule has 1 aliphatic rings. The van der Waals surface area contributed by atoms with E-state index in [2.05, 4.69) is 15.6 Å². The zero-order chi connectivity index (χ0) is 22.0. The Kier molecular flexibility index (Phi) is 6.20. The third-order valence-electron chi connectivity index (χ3n) is 5.09. The molecular weight excluding hydrogens is 439 g/mol. The number of aryl methyl sites for hydroxylation is 1. The van der Waals surface area contributed by atoms with Crippen molar-refractivity contribution in [2.75, 3.05) is 17.2 Å². The van der Waals surface area contributed by atoms with Crippen LogP contribution in [0.15, 0.2) is 47.8 Å². The Hall–Kier alpha value is -2.97. The number of anilines is 3. The fraction of sp³-hybridized carbons (Fsp3) is 0.227. The fourth-order valence-corrected chi connectivity index (χ4v) is 4.33. The number of nitrogens with one attached hydrogen (secondary N) is 2. The van der Waals surface area contributed by atoms with Gasteiger partial charge in [-0.15, -0.1) is 11.3 Å². The molecular formula is C22H20ClFN4O2S. The smallest absolute Gasteiger partial charge is 0.274 e. The number of carbonyl (C=O) groups excluding carboxylic acids is 2. The van der Waals surface area contributed by atoms with E-state index in [0.717, 1.165) is 17.7 Å². The highest BCUT2D eigenvalue weighted by Gasteiger charge is 2.35. The third kappa shape index (κ3) is 4.86. The summed E-state index contributed by atoms with van der Waals surface area (Å²) in [6.07, 6.45) is 1.29. The van der Waals surface area contributed by atoms with Gasteiger partial charge in [-0.05, 0) is 61.7 Å². The summed E-state index contributed by atoms with van der Waals surface area (Å²) >= 11 is 7.37. The average molecular weight is 459 g/mol. The van der Waals surface area contributed by atoms with Crippen LogP contribution in [0, 0.1) is 12.7 Å². The Balaban J connectivity index is 1.45. The number of hydrogen-bond acceptors (Lipinski definition) is 5. The van der Waals surface area contributed by atoms with Crippen LogP contribution < -0.4 is 10.6 Å². The molecule has 0 aliphatic carbocycles. The van der Waals surface area contributed by atoms with Crippen molar-refractivity contribution in [1.29, 1.82) is 0 Å². The number of nitrogens with zero attached hydrogens (tertiary/aromatic N) is 2. The molecule has 4 rings (SSSR count). The van der Waals surface area contributed by atoms with Gasteiger partial charge in [0.05, 0.1) is 0 Å². The molecule has 2 amide bonds. The molecule has 1 fully saturated rings. The van der Waals surface area contributed by atoms with Gasteiger partial charge < -0.3 is 15.5 Å². The van der Waals surface area contributed by atoms with Gasteiger partial charge >= 0.3 is 0 Å². The highest BCUT2D eigenvalue weighted by Crippen LogP contribution is 2.28. The van der Waals surface area contributed by atoms with Crippen LogP contribution in [0.5, 0.6) is 0 Å². The molecule has 160 valence electrons. The lowest BCUT2D eigenvalue weighted by Gasteiger charge is -2.23. The van der Waals surface area contributed by atoms with Crippen LogP contribution in [0.25, 0.3) is 0 Å². The molecule has 0 bridgehead atoms. The minimum Gasteiger partial charge on any atom is -0.331 e. The van der Waals surface area contributed by atoms with E-state index in [1.54, 1.807) is 16.3 Å². The highest BCUT2D eigenvalue weighted by molar-refractivity contribution is 7.14. The van der Waals surface area contributed by atoms with Gasteiger partial charge in [0.1, 0.15) is 17.6 Å².